The van der Waals surface area contributed by atoms with Gasteiger partial charge in [0.15, 0.2) is 6.29 Å². The Morgan fingerprint density at radius 1 is 1.05 bits per heavy atom. The summed E-state index contributed by atoms with van der Waals surface area (Å²) in [4.78, 5) is 31.2. The fourth-order valence-electron chi connectivity index (χ4n) is 7.16. The molecule has 0 saturated carbocycles. The summed E-state index contributed by atoms with van der Waals surface area (Å²) in [5.41, 5.74) is 3.24. The third-order valence-corrected chi connectivity index (χ3v) is 9.20. The molecular formula is C34H45FN2O6. The van der Waals surface area contributed by atoms with Gasteiger partial charge in [0.05, 0.1) is 32.3 Å². The minimum Gasteiger partial charge on any atom is -0.493 e. The predicted molar refractivity (Wildman–Crippen MR) is 162 cm³/mol. The maximum Gasteiger partial charge on any atom is 0.308 e. The summed E-state index contributed by atoms with van der Waals surface area (Å²) in [6, 6.07) is 10.4. The zero-order valence-electron chi connectivity index (χ0n) is 25.6. The number of nitrogens with zero attached hydrogens (tertiary/aromatic N) is 2. The fraction of sp³-hybridized carbons (Fsp3) is 0.588. The molecule has 43 heavy (non-hydrogen) atoms. The van der Waals surface area contributed by atoms with E-state index in [1.807, 2.05) is 17.0 Å². The summed E-state index contributed by atoms with van der Waals surface area (Å²) in [6.45, 7) is 8.14. The van der Waals surface area contributed by atoms with Gasteiger partial charge in [-0.1, -0.05) is 38.8 Å². The van der Waals surface area contributed by atoms with E-state index in [9.17, 15) is 19.1 Å². The molecule has 2 fully saturated rings. The van der Waals surface area contributed by atoms with Crippen molar-refractivity contribution in [2.75, 3.05) is 37.8 Å². The maximum absolute atomic E-state index is 14.3. The normalized spacial score (nSPS) is 22.2. The number of aryl methyl sites for hydroxylation is 1. The second kappa shape index (κ2) is 14.2. The van der Waals surface area contributed by atoms with Crippen LogP contribution in [-0.2, 0) is 25.5 Å². The number of hydrogen-bond donors (Lipinski definition) is 1. The van der Waals surface area contributed by atoms with Gasteiger partial charge in [0.1, 0.15) is 11.6 Å². The summed E-state index contributed by atoms with van der Waals surface area (Å²) >= 11 is 0. The largest absolute Gasteiger partial charge is 0.493 e. The Morgan fingerprint density at radius 3 is 2.47 bits per heavy atom. The van der Waals surface area contributed by atoms with E-state index >= 15 is 0 Å². The van der Waals surface area contributed by atoms with Crippen molar-refractivity contribution in [1.82, 2.24) is 4.90 Å². The topological polar surface area (TPSA) is 88.5 Å². The van der Waals surface area contributed by atoms with Gasteiger partial charge in [-0.25, -0.2) is 4.39 Å². The van der Waals surface area contributed by atoms with Gasteiger partial charge in [-0.2, -0.15) is 0 Å². The van der Waals surface area contributed by atoms with E-state index in [0.717, 1.165) is 49.0 Å². The van der Waals surface area contributed by atoms with Crippen LogP contribution < -0.4 is 9.64 Å². The van der Waals surface area contributed by atoms with Crippen LogP contribution in [0.15, 0.2) is 36.4 Å². The number of benzene rings is 2. The molecule has 0 radical (unpaired) electrons. The molecule has 1 amide bonds. The van der Waals surface area contributed by atoms with Crippen molar-refractivity contribution in [3.63, 3.8) is 0 Å². The molecule has 0 aliphatic carbocycles. The van der Waals surface area contributed by atoms with Crippen LogP contribution in [0, 0.1) is 18.7 Å². The van der Waals surface area contributed by atoms with Crippen LogP contribution in [-0.4, -0.2) is 73.2 Å². The van der Waals surface area contributed by atoms with Gasteiger partial charge in [-0.15, -0.1) is 0 Å². The van der Waals surface area contributed by atoms with E-state index in [2.05, 4.69) is 24.8 Å². The predicted octanol–water partition coefficient (Wildman–Crippen LogP) is 5.69. The molecule has 3 heterocycles. The maximum atomic E-state index is 14.3. The molecule has 0 bridgehead atoms. The number of carboxylic acid groups (broad SMARTS) is 1. The molecule has 0 spiro atoms. The SMILES string of the molecule is CCCC(CCC)N(C(=O)CN1C[C@H](c2ccc3c(c2)CCO3)C(C(=O)O)[C@@H]1CCC1OCCO1)c1ccc(F)c(C)c1. The van der Waals surface area contributed by atoms with Gasteiger partial charge in [-0.05, 0) is 73.6 Å². The number of rotatable bonds is 13. The Bertz CT molecular complexity index is 1280. The molecule has 3 atom stereocenters. The van der Waals surface area contributed by atoms with Gasteiger partial charge in [0.25, 0.3) is 0 Å². The Hall–Kier alpha value is -3.01. The van der Waals surface area contributed by atoms with Crippen molar-refractivity contribution in [2.45, 2.75) is 90.0 Å². The number of hydrogen-bond acceptors (Lipinski definition) is 6. The average molecular weight is 597 g/mol. The third kappa shape index (κ3) is 7.05. The summed E-state index contributed by atoms with van der Waals surface area (Å²) in [5, 5.41) is 10.6. The molecule has 5 rings (SSSR count). The van der Waals surface area contributed by atoms with Crippen LogP contribution >= 0.6 is 0 Å². The summed E-state index contributed by atoms with van der Waals surface area (Å²) in [5.74, 6) is -1.38. The van der Waals surface area contributed by atoms with Gasteiger partial charge >= 0.3 is 5.97 Å². The van der Waals surface area contributed by atoms with Crippen molar-refractivity contribution in [2.24, 2.45) is 5.92 Å². The Morgan fingerprint density at radius 2 is 1.79 bits per heavy atom. The van der Waals surface area contributed by atoms with Crippen molar-refractivity contribution in [3.8, 4) is 5.75 Å². The number of fused-ring (bicyclic) bond motifs is 1. The van der Waals surface area contributed by atoms with Crippen LogP contribution in [0.5, 0.6) is 5.75 Å². The molecule has 3 aliphatic rings. The lowest BCUT2D eigenvalue weighted by Gasteiger charge is -2.35. The van der Waals surface area contributed by atoms with Gasteiger partial charge in [-0.3, -0.25) is 14.5 Å². The lowest BCUT2D eigenvalue weighted by Crippen LogP contribution is -2.48. The van der Waals surface area contributed by atoms with E-state index in [1.54, 1.807) is 19.1 Å². The summed E-state index contributed by atoms with van der Waals surface area (Å²) in [6.07, 6.45) is 5.00. The van der Waals surface area contributed by atoms with Gasteiger partial charge in [0, 0.05) is 36.7 Å². The smallest absolute Gasteiger partial charge is 0.308 e. The summed E-state index contributed by atoms with van der Waals surface area (Å²) in [7, 11) is 0. The number of carbonyl (C=O) groups excluding carboxylic acids is 1. The summed E-state index contributed by atoms with van der Waals surface area (Å²) < 4.78 is 31.3. The van der Waals surface area contributed by atoms with Gasteiger partial charge in [0.2, 0.25) is 5.91 Å². The van der Waals surface area contributed by atoms with E-state index < -0.39 is 11.9 Å². The standard InChI is InChI=1S/C34H45FN2O6/c1-4-6-25(7-5-2)37(26-9-10-28(35)22(3)18-26)31(38)21-36-20-27(23-8-12-30-24(19-23)14-15-41-30)33(34(39)40)29(36)11-13-32-42-16-17-43-32/h8-10,12,18-19,25,27,29,32-33H,4-7,11,13-17,20-21H2,1-3H3,(H,39,40)/t27-,29+,33?/m1/s1. The van der Waals surface area contributed by atoms with Crippen LogP contribution in [0.4, 0.5) is 10.1 Å². The number of carbonyl (C=O) groups is 2. The fourth-order valence-corrected chi connectivity index (χ4v) is 7.16. The first-order chi connectivity index (χ1) is 20.8. The third-order valence-electron chi connectivity index (χ3n) is 9.20. The number of likely N-dealkylation sites (tertiary alicyclic amines) is 1. The van der Waals surface area contributed by atoms with Crippen LogP contribution in [0.25, 0.3) is 0 Å². The van der Waals surface area contributed by atoms with E-state index in [-0.39, 0.29) is 42.6 Å². The van der Waals surface area contributed by atoms with Crippen LogP contribution in [0.3, 0.4) is 0 Å². The molecule has 2 aromatic carbocycles. The first-order valence-electron chi connectivity index (χ1n) is 15.8. The average Bonchev–Trinajstić information content (AvgIpc) is 3.74. The van der Waals surface area contributed by atoms with Crippen LogP contribution in [0.1, 0.15) is 75.0 Å². The number of halogens is 1. The first kappa shape index (κ1) is 31.4. The van der Waals surface area contributed by atoms with Crippen molar-refractivity contribution in [1.29, 1.82) is 0 Å². The highest BCUT2D eigenvalue weighted by molar-refractivity contribution is 5.95. The number of amides is 1. The minimum atomic E-state index is -0.865. The molecular weight excluding hydrogens is 551 g/mol. The molecule has 9 heteroatoms. The van der Waals surface area contributed by atoms with Gasteiger partial charge < -0.3 is 24.2 Å². The zero-order chi connectivity index (χ0) is 30.5. The molecule has 0 aromatic heterocycles. The van der Waals surface area contributed by atoms with Crippen molar-refractivity contribution in [3.05, 3.63) is 58.9 Å². The number of aliphatic carboxylic acids is 1. The second-order valence-corrected chi connectivity index (χ2v) is 12.1. The number of anilines is 1. The quantitative estimate of drug-likeness (QED) is 0.318. The second-order valence-electron chi connectivity index (χ2n) is 12.1. The number of carboxylic acids is 1. The Labute approximate surface area is 254 Å². The molecule has 2 aromatic rings. The lowest BCUT2D eigenvalue weighted by atomic mass is 9.83. The Balaban J connectivity index is 1.46. The first-order valence-corrected chi connectivity index (χ1v) is 15.8. The monoisotopic (exact) mass is 596 g/mol. The van der Waals surface area contributed by atoms with Crippen molar-refractivity contribution >= 4 is 17.6 Å². The molecule has 1 unspecified atom stereocenters. The van der Waals surface area contributed by atoms with E-state index in [4.69, 9.17) is 14.2 Å². The van der Waals surface area contributed by atoms with E-state index in [1.165, 1.54) is 6.07 Å². The van der Waals surface area contributed by atoms with Crippen LogP contribution in [0.2, 0.25) is 0 Å². The zero-order valence-corrected chi connectivity index (χ0v) is 25.6. The molecule has 8 nitrogen and oxygen atoms in total. The Kier molecular flexibility index (Phi) is 10.4. The van der Waals surface area contributed by atoms with E-state index in [0.29, 0.717) is 50.5 Å². The molecule has 2 saturated heterocycles. The lowest BCUT2D eigenvalue weighted by molar-refractivity contribution is -0.143. The molecule has 234 valence electrons. The highest BCUT2D eigenvalue weighted by atomic mass is 19.1. The number of ether oxygens (including phenoxy) is 3. The molecule has 3 aliphatic heterocycles. The minimum absolute atomic E-state index is 0.0310. The highest BCUT2D eigenvalue weighted by Gasteiger charge is 2.47. The molecule has 1 N–H and O–H groups in total. The van der Waals surface area contributed by atoms with Crippen molar-refractivity contribution < 1.29 is 33.3 Å². The highest BCUT2D eigenvalue weighted by Crippen LogP contribution is 2.42.